The highest BCUT2D eigenvalue weighted by Crippen LogP contribution is 2.32. The number of allylic oxidation sites excluding steroid dienone is 1. The van der Waals surface area contributed by atoms with E-state index in [9.17, 15) is 9.59 Å². The fourth-order valence-electron chi connectivity index (χ4n) is 4.69. The molecule has 0 amide bonds. The maximum Gasteiger partial charge on any atom is 0.338 e. The number of thiazole rings is 1. The summed E-state index contributed by atoms with van der Waals surface area (Å²) in [5, 5.41) is 2.01. The first-order valence-corrected chi connectivity index (χ1v) is 13.3. The summed E-state index contributed by atoms with van der Waals surface area (Å²) in [7, 11) is 0. The molecule has 0 spiro atoms. The third-order valence-corrected chi connectivity index (χ3v) is 7.46. The maximum absolute atomic E-state index is 14.0. The molecule has 1 aliphatic rings. The first-order valence-electron chi connectivity index (χ1n) is 12.4. The minimum absolute atomic E-state index is 0.226. The van der Waals surface area contributed by atoms with Crippen molar-refractivity contribution in [2.75, 3.05) is 13.2 Å². The van der Waals surface area contributed by atoms with Crippen LogP contribution in [0.15, 0.2) is 94.4 Å². The second-order valence-electron chi connectivity index (χ2n) is 9.01. The number of esters is 1. The third-order valence-electron chi connectivity index (χ3n) is 6.47. The second kappa shape index (κ2) is 10.6. The number of hydrogen-bond donors (Lipinski definition) is 0. The molecule has 7 heteroatoms. The fourth-order valence-corrected chi connectivity index (χ4v) is 5.71. The van der Waals surface area contributed by atoms with Gasteiger partial charge in [-0.2, -0.15) is 0 Å². The number of nitrogens with zero attached hydrogens (tertiary/aromatic N) is 2. The van der Waals surface area contributed by atoms with Crippen LogP contribution in [0.25, 0.3) is 16.8 Å². The monoisotopic (exact) mass is 524 g/mol. The topological polar surface area (TPSA) is 69.9 Å². The highest BCUT2D eigenvalue weighted by molar-refractivity contribution is 7.07. The Labute approximate surface area is 224 Å². The summed E-state index contributed by atoms with van der Waals surface area (Å²) >= 11 is 1.30. The Balaban J connectivity index is 1.76. The number of benzene rings is 3. The molecule has 192 valence electrons. The van der Waals surface area contributed by atoms with Crippen molar-refractivity contribution in [1.82, 2.24) is 4.57 Å². The van der Waals surface area contributed by atoms with Crippen molar-refractivity contribution >= 4 is 34.2 Å². The molecular weight excluding hydrogens is 496 g/mol. The molecular formula is C31H28N2O4S. The summed E-state index contributed by atoms with van der Waals surface area (Å²) in [4.78, 5) is 32.3. The van der Waals surface area contributed by atoms with Crippen LogP contribution < -0.4 is 19.6 Å². The molecule has 0 saturated heterocycles. The van der Waals surface area contributed by atoms with Gasteiger partial charge in [-0.05, 0) is 49.2 Å². The van der Waals surface area contributed by atoms with Crippen LogP contribution in [0.3, 0.4) is 0 Å². The number of carbonyl (C=O) groups is 1. The Morgan fingerprint density at radius 1 is 1.11 bits per heavy atom. The molecule has 0 fully saturated rings. The molecule has 6 nitrogen and oxygen atoms in total. The van der Waals surface area contributed by atoms with E-state index in [1.807, 2.05) is 73.7 Å². The minimum Gasteiger partial charge on any atom is -0.489 e. The van der Waals surface area contributed by atoms with Crippen LogP contribution in [-0.4, -0.2) is 23.8 Å². The van der Waals surface area contributed by atoms with Gasteiger partial charge in [0.1, 0.15) is 12.4 Å². The molecule has 0 N–H and O–H groups in total. The average Bonchev–Trinajstić information content (AvgIpc) is 3.22. The molecule has 3 aromatic carbocycles. The molecule has 2 heterocycles. The van der Waals surface area contributed by atoms with E-state index in [0.717, 1.165) is 27.5 Å². The van der Waals surface area contributed by atoms with E-state index >= 15 is 0 Å². The highest BCUT2D eigenvalue weighted by atomic mass is 32.1. The molecule has 38 heavy (non-hydrogen) atoms. The fraction of sp³-hybridized carbons (Fsp3) is 0.194. The zero-order chi connectivity index (χ0) is 26.8. The number of rotatable bonds is 7. The Bertz CT molecular complexity index is 1760. The predicted octanol–water partition coefficient (Wildman–Crippen LogP) is 4.82. The molecule has 5 rings (SSSR count). The molecule has 1 aliphatic heterocycles. The van der Waals surface area contributed by atoms with Crippen molar-refractivity contribution in [3.05, 3.63) is 121 Å². The lowest BCUT2D eigenvalue weighted by atomic mass is 9.95. The average molecular weight is 525 g/mol. The smallest absolute Gasteiger partial charge is 0.338 e. The normalized spacial score (nSPS) is 15.2. The van der Waals surface area contributed by atoms with Crippen LogP contribution in [-0.2, 0) is 9.53 Å². The number of aromatic nitrogens is 1. The van der Waals surface area contributed by atoms with Crippen molar-refractivity contribution in [2.45, 2.75) is 26.8 Å². The number of aryl methyl sites for hydroxylation is 1. The molecule has 1 aromatic heterocycles. The van der Waals surface area contributed by atoms with Crippen LogP contribution >= 0.6 is 11.3 Å². The third kappa shape index (κ3) is 4.61. The first kappa shape index (κ1) is 25.4. The van der Waals surface area contributed by atoms with E-state index in [0.29, 0.717) is 33.0 Å². The minimum atomic E-state index is -0.642. The number of carbonyl (C=O) groups excluding carboxylic acids is 1. The molecule has 0 unspecified atom stereocenters. The van der Waals surface area contributed by atoms with Crippen LogP contribution in [0.5, 0.6) is 5.75 Å². The number of hydrogen-bond acceptors (Lipinski definition) is 6. The molecule has 0 radical (unpaired) electrons. The molecule has 0 aliphatic carbocycles. The molecule has 1 atom stereocenters. The lowest BCUT2D eigenvalue weighted by molar-refractivity contribution is -0.139. The molecule has 0 saturated carbocycles. The summed E-state index contributed by atoms with van der Waals surface area (Å²) < 4.78 is 13.4. The van der Waals surface area contributed by atoms with Gasteiger partial charge >= 0.3 is 5.97 Å². The Morgan fingerprint density at radius 2 is 1.87 bits per heavy atom. The van der Waals surface area contributed by atoms with Gasteiger partial charge in [-0.15, -0.1) is 0 Å². The van der Waals surface area contributed by atoms with Crippen LogP contribution in [0, 0.1) is 6.92 Å². The van der Waals surface area contributed by atoms with E-state index in [4.69, 9.17) is 9.47 Å². The van der Waals surface area contributed by atoms with E-state index in [-0.39, 0.29) is 12.2 Å². The van der Waals surface area contributed by atoms with Gasteiger partial charge in [-0.3, -0.25) is 9.36 Å². The maximum atomic E-state index is 14.0. The van der Waals surface area contributed by atoms with E-state index in [1.165, 1.54) is 11.3 Å². The summed E-state index contributed by atoms with van der Waals surface area (Å²) in [6.45, 7) is 9.88. The highest BCUT2D eigenvalue weighted by Gasteiger charge is 2.33. The second-order valence-corrected chi connectivity index (χ2v) is 10.0. The van der Waals surface area contributed by atoms with Gasteiger partial charge in [0.2, 0.25) is 0 Å². The number of fused-ring (bicyclic) bond motifs is 2. The van der Waals surface area contributed by atoms with Gasteiger partial charge in [-0.1, -0.05) is 84.2 Å². The van der Waals surface area contributed by atoms with Gasteiger partial charge in [0, 0.05) is 5.56 Å². The van der Waals surface area contributed by atoms with Crippen LogP contribution in [0.1, 0.15) is 36.6 Å². The van der Waals surface area contributed by atoms with Gasteiger partial charge in [0.05, 0.1) is 28.5 Å². The zero-order valence-corrected chi connectivity index (χ0v) is 22.4. The van der Waals surface area contributed by atoms with E-state index in [1.54, 1.807) is 24.5 Å². The summed E-state index contributed by atoms with van der Waals surface area (Å²) in [5.41, 5.74) is 3.40. The molecule has 0 bridgehead atoms. The summed E-state index contributed by atoms with van der Waals surface area (Å²) in [6, 6.07) is 19.1. The summed E-state index contributed by atoms with van der Waals surface area (Å²) in [6.07, 6.45) is 3.55. The van der Waals surface area contributed by atoms with Crippen molar-refractivity contribution in [3.8, 4) is 5.75 Å². The van der Waals surface area contributed by atoms with Crippen LogP contribution in [0.4, 0.5) is 0 Å². The quantitative estimate of drug-likeness (QED) is 0.257. The van der Waals surface area contributed by atoms with E-state index < -0.39 is 12.0 Å². The van der Waals surface area contributed by atoms with E-state index in [2.05, 4.69) is 11.6 Å². The number of ether oxygens (including phenoxy) is 2. The van der Waals surface area contributed by atoms with Crippen molar-refractivity contribution < 1.29 is 14.3 Å². The van der Waals surface area contributed by atoms with Crippen molar-refractivity contribution in [1.29, 1.82) is 0 Å². The lowest BCUT2D eigenvalue weighted by Crippen LogP contribution is -2.39. The standard InChI is InChI=1S/C31H28N2O4S/c1-5-17-37-25-16-15-21-9-7-8-10-23(21)24(25)18-26-29(34)33-28(22-13-11-19(3)12-14-22)27(30(35)36-6-2)20(4)32-31(33)38-26/h5,7-16,18,28H,1,6,17H2,2-4H3/b26-18-/t28-/m1/s1. The molecule has 4 aromatic rings. The van der Waals surface area contributed by atoms with Crippen LogP contribution in [0.2, 0.25) is 0 Å². The van der Waals surface area contributed by atoms with Crippen molar-refractivity contribution in [2.24, 2.45) is 4.99 Å². The van der Waals surface area contributed by atoms with Gasteiger partial charge in [0.15, 0.2) is 4.80 Å². The predicted molar refractivity (Wildman–Crippen MR) is 151 cm³/mol. The zero-order valence-electron chi connectivity index (χ0n) is 21.6. The van der Waals surface area contributed by atoms with Crippen molar-refractivity contribution in [3.63, 3.8) is 0 Å². The Hall–Kier alpha value is -4.23. The van der Waals surface area contributed by atoms with Gasteiger partial charge in [0.25, 0.3) is 5.56 Å². The Morgan fingerprint density at radius 3 is 2.61 bits per heavy atom. The summed E-state index contributed by atoms with van der Waals surface area (Å²) in [5.74, 6) is 0.190. The van der Waals surface area contributed by atoms with Gasteiger partial charge in [-0.25, -0.2) is 9.79 Å². The SMILES string of the molecule is C=CCOc1ccc2ccccc2c1/C=c1\sc2n(c1=O)[C@H](c1ccc(C)cc1)C(C(=O)OCC)=C(C)N=2. The lowest BCUT2D eigenvalue weighted by Gasteiger charge is -2.24. The largest absolute Gasteiger partial charge is 0.489 e. The Kier molecular flexibility index (Phi) is 7.11. The van der Waals surface area contributed by atoms with Gasteiger partial charge < -0.3 is 9.47 Å². The first-order chi connectivity index (χ1) is 18.4.